The van der Waals surface area contributed by atoms with Crippen LogP contribution in [-0.4, -0.2) is 21.0 Å². The molecule has 1 aromatic heterocycles. The van der Waals surface area contributed by atoms with Crippen molar-refractivity contribution in [3.63, 3.8) is 0 Å². The third kappa shape index (κ3) is 3.21. The molecule has 0 bridgehead atoms. The normalized spacial score (nSPS) is 10.2. The van der Waals surface area contributed by atoms with E-state index in [0.29, 0.717) is 0 Å². The van der Waals surface area contributed by atoms with Gasteiger partial charge in [0.05, 0.1) is 15.0 Å². The number of benzene rings is 1. The molecule has 0 spiro atoms. The van der Waals surface area contributed by atoms with Gasteiger partial charge in [0, 0.05) is 18.3 Å². The summed E-state index contributed by atoms with van der Waals surface area (Å²) >= 11 is 11.7. The first-order valence-corrected chi connectivity index (χ1v) is 6.15. The molecular weight excluding hydrogens is 323 g/mol. The summed E-state index contributed by atoms with van der Waals surface area (Å²) in [7, 11) is 0. The molecule has 1 heterocycles. The molecule has 2 rings (SSSR count). The van der Waals surface area contributed by atoms with Crippen LogP contribution in [0.5, 0.6) is 11.6 Å². The number of rotatable bonds is 4. The fourth-order valence-electron chi connectivity index (χ4n) is 1.48. The van der Waals surface area contributed by atoms with E-state index < -0.39 is 10.9 Å². The number of nitro benzene ring substituents is 1. The summed E-state index contributed by atoms with van der Waals surface area (Å²) < 4.78 is 5.29. The van der Waals surface area contributed by atoms with Crippen LogP contribution in [0.1, 0.15) is 10.4 Å². The summed E-state index contributed by atoms with van der Waals surface area (Å²) in [4.78, 5) is 24.8. The highest BCUT2D eigenvalue weighted by molar-refractivity contribution is 6.37. The lowest BCUT2D eigenvalue weighted by atomic mass is 10.2. The zero-order valence-electron chi connectivity index (χ0n) is 10.1. The number of nitro groups is 1. The maximum atomic E-state index is 11.0. The monoisotopic (exact) mass is 328 g/mol. The van der Waals surface area contributed by atoms with Crippen molar-refractivity contribution in [3.05, 3.63) is 56.2 Å². The quantitative estimate of drug-likeness (QED) is 0.676. The second-order valence-corrected chi connectivity index (χ2v) is 4.57. The summed E-state index contributed by atoms with van der Waals surface area (Å²) in [5.74, 6) is -1.57. The van der Waals surface area contributed by atoms with Crippen LogP contribution < -0.4 is 4.74 Å². The Bertz CT molecular complexity index is 712. The minimum atomic E-state index is -1.24. The Morgan fingerprint density at radius 3 is 2.48 bits per heavy atom. The van der Waals surface area contributed by atoms with E-state index in [1.54, 1.807) is 0 Å². The van der Waals surface area contributed by atoms with Gasteiger partial charge in [0.2, 0.25) is 5.88 Å². The number of ether oxygens (including phenoxy) is 1. The van der Waals surface area contributed by atoms with Gasteiger partial charge in [0.25, 0.3) is 5.69 Å². The summed E-state index contributed by atoms with van der Waals surface area (Å²) in [5, 5.41) is 19.4. The van der Waals surface area contributed by atoms with Gasteiger partial charge in [-0.2, -0.15) is 0 Å². The van der Waals surface area contributed by atoms with Crippen LogP contribution in [-0.2, 0) is 0 Å². The largest absolute Gasteiger partial charge is 0.477 e. The maximum absolute atomic E-state index is 11.0. The van der Waals surface area contributed by atoms with Crippen molar-refractivity contribution in [2.45, 2.75) is 0 Å². The molecule has 0 unspecified atom stereocenters. The van der Waals surface area contributed by atoms with E-state index in [0.717, 1.165) is 12.1 Å². The van der Waals surface area contributed by atoms with Gasteiger partial charge in [-0.3, -0.25) is 10.1 Å². The number of non-ortho nitro benzene ring substituents is 1. The van der Waals surface area contributed by atoms with Crippen molar-refractivity contribution in [1.82, 2.24) is 4.98 Å². The van der Waals surface area contributed by atoms with Gasteiger partial charge in [-0.25, -0.2) is 9.78 Å². The first kappa shape index (κ1) is 15.0. The van der Waals surface area contributed by atoms with E-state index in [1.807, 2.05) is 0 Å². The molecule has 0 radical (unpaired) electrons. The van der Waals surface area contributed by atoms with Crippen molar-refractivity contribution in [1.29, 1.82) is 0 Å². The topological polar surface area (TPSA) is 103 Å². The summed E-state index contributed by atoms with van der Waals surface area (Å²) in [5.41, 5.74) is -0.500. The number of aromatic nitrogens is 1. The average molecular weight is 329 g/mol. The van der Waals surface area contributed by atoms with E-state index in [-0.39, 0.29) is 32.9 Å². The van der Waals surface area contributed by atoms with E-state index in [1.165, 1.54) is 18.3 Å². The van der Waals surface area contributed by atoms with Gasteiger partial charge >= 0.3 is 5.97 Å². The Labute approximate surface area is 127 Å². The average Bonchev–Trinajstić information content (AvgIpc) is 2.42. The molecular formula is C12H6Cl2N2O5. The smallest absolute Gasteiger partial charge is 0.341 e. The second kappa shape index (κ2) is 5.94. The van der Waals surface area contributed by atoms with Crippen LogP contribution in [0.3, 0.4) is 0 Å². The first-order chi connectivity index (χ1) is 9.90. The van der Waals surface area contributed by atoms with Crippen LogP contribution in [0.15, 0.2) is 30.5 Å². The highest BCUT2D eigenvalue weighted by Gasteiger charge is 2.19. The molecule has 2 aromatic rings. The Morgan fingerprint density at radius 2 is 1.95 bits per heavy atom. The highest BCUT2D eigenvalue weighted by Crippen LogP contribution is 2.39. The fourth-order valence-corrected chi connectivity index (χ4v) is 2.03. The van der Waals surface area contributed by atoms with Gasteiger partial charge in [-0.05, 0) is 12.1 Å². The fraction of sp³-hybridized carbons (Fsp3) is 0. The van der Waals surface area contributed by atoms with E-state index in [4.69, 9.17) is 33.0 Å². The lowest BCUT2D eigenvalue weighted by molar-refractivity contribution is -0.384. The minimum Gasteiger partial charge on any atom is -0.477 e. The number of hydrogen-bond donors (Lipinski definition) is 1. The number of nitrogens with zero attached hydrogens (tertiary/aromatic N) is 2. The zero-order valence-corrected chi connectivity index (χ0v) is 11.6. The molecule has 9 heteroatoms. The van der Waals surface area contributed by atoms with Gasteiger partial charge in [-0.15, -0.1) is 0 Å². The lowest BCUT2D eigenvalue weighted by Crippen LogP contribution is -2.02. The second-order valence-electron chi connectivity index (χ2n) is 3.76. The Kier molecular flexibility index (Phi) is 4.25. The standard InChI is InChI=1S/C12H6Cl2N2O5/c13-8-4-6(16(19)20)5-9(14)10(8)21-11-7(12(17)18)2-1-3-15-11/h1-5H,(H,17,18). The highest BCUT2D eigenvalue weighted by atomic mass is 35.5. The van der Waals surface area contributed by atoms with E-state index in [2.05, 4.69) is 4.98 Å². The van der Waals surface area contributed by atoms with Crippen LogP contribution >= 0.6 is 23.2 Å². The number of carboxylic acid groups (broad SMARTS) is 1. The summed E-state index contributed by atoms with van der Waals surface area (Å²) in [6.45, 7) is 0. The number of hydrogen-bond acceptors (Lipinski definition) is 5. The predicted octanol–water partition coefficient (Wildman–Crippen LogP) is 3.79. The Morgan fingerprint density at radius 1 is 1.33 bits per heavy atom. The Balaban J connectivity index is 2.46. The van der Waals surface area contributed by atoms with Crippen molar-refractivity contribution in [2.75, 3.05) is 0 Å². The molecule has 0 aliphatic carbocycles. The Hall–Kier alpha value is -2.38. The molecule has 0 saturated carbocycles. The van der Waals surface area contributed by atoms with Crippen LogP contribution in [0.25, 0.3) is 0 Å². The number of halogens is 2. The molecule has 0 fully saturated rings. The zero-order chi connectivity index (χ0) is 15.6. The van der Waals surface area contributed by atoms with E-state index >= 15 is 0 Å². The van der Waals surface area contributed by atoms with Gasteiger partial charge < -0.3 is 9.84 Å². The molecule has 108 valence electrons. The van der Waals surface area contributed by atoms with Gasteiger partial charge in [0.1, 0.15) is 5.56 Å². The minimum absolute atomic E-state index is 0.106. The lowest BCUT2D eigenvalue weighted by Gasteiger charge is -2.10. The SMILES string of the molecule is O=C(O)c1cccnc1Oc1c(Cl)cc([N+](=O)[O-])cc1Cl. The summed E-state index contributed by atoms with van der Waals surface area (Å²) in [6, 6.07) is 4.81. The molecule has 7 nitrogen and oxygen atoms in total. The molecule has 0 amide bonds. The third-order valence-corrected chi connectivity index (χ3v) is 2.96. The molecule has 1 N–H and O–H groups in total. The molecule has 21 heavy (non-hydrogen) atoms. The predicted molar refractivity (Wildman–Crippen MR) is 74.4 cm³/mol. The van der Waals surface area contributed by atoms with Gasteiger partial charge in [-0.1, -0.05) is 23.2 Å². The number of aromatic carboxylic acids is 1. The van der Waals surface area contributed by atoms with Crippen molar-refractivity contribution >= 4 is 34.9 Å². The van der Waals surface area contributed by atoms with Gasteiger partial charge in [0.15, 0.2) is 5.75 Å². The van der Waals surface area contributed by atoms with Crippen LogP contribution in [0, 0.1) is 10.1 Å². The molecule has 1 aromatic carbocycles. The molecule has 0 atom stereocenters. The number of pyridine rings is 1. The summed E-state index contributed by atoms with van der Waals surface area (Å²) in [6.07, 6.45) is 1.33. The van der Waals surface area contributed by atoms with E-state index in [9.17, 15) is 14.9 Å². The molecule has 0 saturated heterocycles. The van der Waals surface area contributed by atoms with Crippen molar-refractivity contribution < 1.29 is 19.6 Å². The van der Waals surface area contributed by atoms with Crippen molar-refractivity contribution in [2.24, 2.45) is 0 Å². The maximum Gasteiger partial charge on any atom is 0.341 e. The third-order valence-electron chi connectivity index (χ3n) is 2.39. The molecule has 0 aliphatic heterocycles. The van der Waals surface area contributed by atoms with Crippen LogP contribution in [0.4, 0.5) is 5.69 Å². The van der Waals surface area contributed by atoms with Crippen molar-refractivity contribution in [3.8, 4) is 11.6 Å². The number of carbonyl (C=O) groups is 1. The first-order valence-electron chi connectivity index (χ1n) is 5.39. The number of carboxylic acids is 1. The molecule has 0 aliphatic rings. The van der Waals surface area contributed by atoms with Crippen LogP contribution in [0.2, 0.25) is 10.0 Å².